The van der Waals surface area contributed by atoms with Crippen molar-refractivity contribution in [3.8, 4) is 5.75 Å². The minimum Gasteiger partial charge on any atom is -0.497 e. The standard InChI is InChI=1S/C17H20OS/c1-18-15-10-9-14-11-16(19-17(14)12-15)13-7-5-3-2-4-6-8-13/h7,9-12H,2-6,8H2,1H3. The Bertz CT molecular complexity index is 594. The van der Waals surface area contributed by atoms with Crippen LogP contribution < -0.4 is 4.74 Å². The monoisotopic (exact) mass is 272 g/mol. The first-order valence-corrected chi connectivity index (χ1v) is 7.95. The van der Waals surface area contributed by atoms with Gasteiger partial charge in [0.25, 0.3) is 0 Å². The Balaban J connectivity index is 1.95. The molecule has 0 amide bonds. The van der Waals surface area contributed by atoms with Crippen molar-refractivity contribution in [2.24, 2.45) is 0 Å². The van der Waals surface area contributed by atoms with E-state index in [-0.39, 0.29) is 0 Å². The molecule has 100 valence electrons. The fourth-order valence-electron chi connectivity index (χ4n) is 2.71. The van der Waals surface area contributed by atoms with Gasteiger partial charge in [-0.25, -0.2) is 0 Å². The third-order valence-corrected chi connectivity index (χ3v) is 5.01. The van der Waals surface area contributed by atoms with Crippen molar-refractivity contribution < 1.29 is 4.74 Å². The lowest BCUT2D eigenvalue weighted by molar-refractivity contribution is 0.415. The number of allylic oxidation sites excluding steroid dienone is 2. The third kappa shape index (κ3) is 2.84. The lowest BCUT2D eigenvalue weighted by Crippen LogP contribution is -1.87. The van der Waals surface area contributed by atoms with E-state index in [0.717, 1.165) is 5.75 Å². The van der Waals surface area contributed by atoms with Gasteiger partial charge in [0.15, 0.2) is 0 Å². The van der Waals surface area contributed by atoms with Crippen LogP contribution in [0.25, 0.3) is 15.7 Å². The molecule has 1 aliphatic rings. The summed E-state index contributed by atoms with van der Waals surface area (Å²) in [6, 6.07) is 8.70. The van der Waals surface area contributed by atoms with Gasteiger partial charge < -0.3 is 4.74 Å². The minimum absolute atomic E-state index is 0.951. The highest BCUT2D eigenvalue weighted by atomic mass is 32.1. The van der Waals surface area contributed by atoms with Crippen molar-refractivity contribution in [1.29, 1.82) is 0 Å². The summed E-state index contributed by atoms with van der Waals surface area (Å²) in [7, 11) is 1.73. The Hall–Kier alpha value is -1.28. The van der Waals surface area contributed by atoms with Gasteiger partial charge in [0.05, 0.1) is 7.11 Å². The molecule has 0 saturated carbocycles. The molecular formula is C17H20OS. The van der Waals surface area contributed by atoms with E-state index in [2.05, 4.69) is 24.3 Å². The summed E-state index contributed by atoms with van der Waals surface area (Å²) in [5.41, 5.74) is 1.56. The van der Waals surface area contributed by atoms with Crippen LogP contribution in [0.15, 0.2) is 30.3 Å². The van der Waals surface area contributed by atoms with Gasteiger partial charge in [0.2, 0.25) is 0 Å². The number of fused-ring (bicyclic) bond motifs is 1. The fraction of sp³-hybridized carbons (Fsp3) is 0.412. The average molecular weight is 272 g/mol. The molecule has 1 aromatic carbocycles. The molecule has 2 aromatic rings. The van der Waals surface area contributed by atoms with Crippen LogP contribution in [0.4, 0.5) is 0 Å². The van der Waals surface area contributed by atoms with E-state index < -0.39 is 0 Å². The van der Waals surface area contributed by atoms with Crippen LogP contribution in [-0.2, 0) is 0 Å². The maximum absolute atomic E-state index is 5.31. The second-order valence-electron chi connectivity index (χ2n) is 5.20. The van der Waals surface area contributed by atoms with Crippen LogP contribution in [0.2, 0.25) is 0 Å². The second kappa shape index (κ2) is 5.79. The first kappa shape index (κ1) is 12.7. The number of thiophene rings is 1. The highest BCUT2D eigenvalue weighted by Crippen LogP contribution is 2.35. The summed E-state index contributed by atoms with van der Waals surface area (Å²) in [6.07, 6.45) is 10.4. The summed E-state index contributed by atoms with van der Waals surface area (Å²) in [5, 5.41) is 1.34. The van der Waals surface area contributed by atoms with E-state index >= 15 is 0 Å². The molecule has 1 nitrogen and oxygen atoms in total. The zero-order valence-corrected chi connectivity index (χ0v) is 12.3. The fourth-order valence-corrected chi connectivity index (χ4v) is 3.87. The molecule has 0 atom stereocenters. The maximum Gasteiger partial charge on any atom is 0.120 e. The Morgan fingerprint density at radius 1 is 1.05 bits per heavy atom. The van der Waals surface area contributed by atoms with Crippen LogP contribution >= 0.6 is 11.3 Å². The van der Waals surface area contributed by atoms with Gasteiger partial charge in [0, 0.05) is 9.58 Å². The number of rotatable bonds is 2. The van der Waals surface area contributed by atoms with Crippen LogP contribution in [0, 0.1) is 0 Å². The normalized spacial score (nSPS) is 16.8. The molecular weight excluding hydrogens is 252 g/mol. The number of benzene rings is 1. The first-order valence-electron chi connectivity index (χ1n) is 7.14. The maximum atomic E-state index is 5.31. The summed E-state index contributed by atoms with van der Waals surface area (Å²) in [4.78, 5) is 1.45. The largest absolute Gasteiger partial charge is 0.497 e. The van der Waals surface area contributed by atoms with Gasteiger partial charge in [0.1, 0.15) is 5.75 Å². The van der Waals surface area contributed by atoms with Gasteiger partial charge in [-0.15, -0.1) is 11.3 Å². The molecule has 0 radical (unpaired) electrons. The lowest BCUT2D eigenvalue weighted by atomic mass is 9.99. The summed E-state index contributed by atoms with van der Waals surface area (Å²) < 4.78 is 6.64. The summed E-state index contributed by atoms with van der Waals surface area (Å²) in [6.45, 7) is 0. The molecule has 0 N–H and O–H groups in total. The first-order chi connectivity index (χ1) is 9.36. The van der Waals surface area contributed by atoms with Crippen molar-refractivity contribution in [2.75, 3.05) is 7.11 Å². The van der Waals surface area contributed by atoms with Crippen LogP contribution in [0.5, 0.6) is 5.75 Å². The van der Waals surface area contributed by atoms with Crippen molar-refractivity contribution in [1.82, 2.24) is 0 Å². The van der Waals surface area contributed by atoms with Crippen LogP contribution in [0.1, 0.15) is 43.4 Å². The summed E-state index contributed by atoms with van der Waals surface area (Å²) in [5.74, 6) is 0.951. The quantitative estimate of drug-likeness (QED) is 0.686. The molecule has 0 bridgehead atoms. The van der Waals surface area contributed by atoms with Gasteiger partial charge in [-0.05, 0) is 60.9 Å². The molecule has 19 heavy (non-hydrogen) atoms. The molecule has 3 rings (SSSR count). The van der Waals surface area contributed by atoms with E-state index in [1.165, 1.54) is 53.5 Å². The third-order valence-electron chi connectivity index (χ3n) is 3.83. The van der Waals surface area contributed by atoms with Crippen molar-refractivity contribution in [2.45, 2.75) is 38.5 Å². The predicted molar refractivity (Wildman–Crippen MR) is 84.1 cm³/mol. The highest BCUT2D eigenvalue weighted by Gasteiger charge is 2.09. The van der Waals surface area contributed by atoms with Gasteiger partial charge >= 0.3 is 0 Å². The van der Waals surface area contributed by atoms with Crippen molar-refractivity contribution in [3.63, 3.8) is 0 Å². The van der Waals surface area contributed by atoms with E-state index in [4.69, 9.17) is 4.74 Å². The second-order valence-corrected chi connectivity index (χ2v) is 6.28. The zero-order chi connectivity index (χ0) is 13.1. The van der Waals surface area contributed by atoms with Crippen LogP contribution in [0.3, 0.4) is 0 Å². The lowest BCUT2D eigenvalue weighted by Gasteiger charge is -2.09. The smallest absolute Gasteiger partial charge is 0.120 e. The van der Waals surface area contributed by atoms with Crippen LogP contribution in [-0.4, -0.2) is 7.11 Å². The van der Waals surface area contributed by atoms with E-state index in [0.29, 0.717) is 0 Å². The molecule has 0 aliphatic heterocycles. The Morgan fingerprint density at radius 3 is 2.84 bits per heavy atom. The molecule has 2 heteroatoms. The number of methoxy groups -OCH3 is 1. The Kier molecular flexibility index (Phi) is 3.88. The van der Waals surface area contributed by atoms with Gasteiger partial charge in [-0.3, -0.25) is 0 Å². The van der Waals surface area contributed by atoms with Crippen molar-refractivity contribution in [3.05, 3.63) is 35.2 Å². The molecule has 0 spiro atoms. The number of hydrogen-bond donors (Lipinski definition) is 0. The predicted octanol–water partition coefficient (Wildman–Crippen LogP) is 5.65. The average Bonchev–Trinajstić information content (AvgIpc) is 2.80. The Morgan fingerprint density at radius 2 is 1.95 bits per heavy atom. The van der Waals surface area contributed by atoms with E-state index in [1.807, 2.05) is 17.4 Å². The van der Waals surface area contributed by atoms with E-state index in [9.17, 15) is 0 Å². The molecule has 0 unspecified atom stereocenters. The topological polar surface area (TPSA) is 9.23 Å². The number of ether oxygens (including phenoxy) is 1. The minimum atomic E-state index is 0.951. The highest BCUT2D eigenvalue weighted by molar-refractivity contribution is 7.20. The SMILES string of the molecule is COc1ccc2cc(C3=CCCCCCC3)sc2c1. The Labute approximate surface area is 118 Å². The molecule has 1 aliphatic carbocycles. The molecule has 1 aromatic heterocycles. The molecule has 0 fully saturated rings. The zero-order valence-electron chi connectivity index (χ0n) is 11.4. The number of hydrogen-bond acceptors (Lipinski definition) is 2. The van der Waals surface area contributed by atoms with Crippen molar-refractivity contribution >= 4 is 27.0 Å². The van der Waals surface area contributed by atoms with Gasteiger partial charge in [-0.2, -0.15) is 0 Å². The summed E-state index contributed by atoms with van der Waals surface area (Å²) >= 11 is 1.90. The molecule has 1 heterocycles. The van der Waals surface area contributed by atoms with Gasteiger partial charge in [-0.1, -0.05) is 18.9 Å². The molecule has 0 saturated heterocycles. The van der Waals surface area contributed by atoms with E-state index in [1.54, 1.807) is 12.7 Å².